The Bertz CT molecular complexity index is 1110. The molecule has 1 aliphatic carbocycles. The molecular weight excluding hydrogens is 432 g/mol. The molecule has 0 aromatic heterocycles. The highest BCUT2D eigenvalue weighted by Gasteiger charge is 2.44. The third-order valence-electron chi connectivity index (χ3n) is 5.87. The number of hydrogen-bond acceptors (Lipinski definition) is 8. The van der Waals surface area contributed by atoms with Crippen LogP contribution in [0.25, 0.3) is 0 Å². The van der Waals surface area contributed by atoms with E-state index in [1.807, 2.05) is 11.8 Å². The molecule has 0 bridgehead atoms. The fourth-order valence-corrected chi connectivity index (χ4v) is 5.45. The van der Waals surface area contributed by atoms with Crippen molar-refractivity contribution in [2.45, 2.75) is 36.2 Å². The lowest BCUT2D eigenvalue weighted by atomic mass is 10.1. The first-order chi connectivity index (χ1) is 15.2. The third kappa shape index (κ3) is 4.03. The number of ether oxygens (including phenoxy) is 1. The molecule has 2 heterocycles. The van der Waals surface area contributed by atoms with Crippen LogP contribution in [0, 0.1) is 5.41 Å². The Morgan fingerprint density at radius 1 is 1.41 bits per heavy atom. The van der Waals surface area contributed by atoms with Crippen molar-refractivity contribution >= 4 is 33.8 Å². The van der Waals surface area contributed by atoms with Gasteiger partial charge in [-0.15, -0.1) is 0 Å². The van der Waals surface area contributed by atoms with Gasteiger partial charge in [0, 0.05) is 37.7 Å². The number of nitrogens with one attached hydrogen (secondary N) is 3. The number of aliphatic imine (C=N–C) groups is 1. The van der Waals surface area contributed by atoms with Crippen LogP contribution in [0.15, 0.2) is 39.9 Å². The molecule has 32 heavy (non-hydrogen) atoms. The molecule has 1 aromatic carbocycles. The number of fused-ring (bicyclic) bond motifs is 3. The first kappa shape index (κ1) is 22.4. The molecule has 11 heteroatoms. The average molecular weight is 461 g/mol. The van der Waals surface area contributed by atoms with E-state index in [-0.39, 0.29) is 29.0 Å². The van der Waals surface area contributed by atoms with Crippen LogP contribution in [-0.2, 0) is 14.8 Å². The molecule has 3 aliphatic rings. The van der Waals surface area contributed by atoms with Crippen molar-refractivity contribution in [2.75, 3.05) is 38.8 Å². The van der Waals surface area contributed by atoms with E-state index in [2.05, 4.69) is 15.0 Å². The van der Waals surface area contributed by atoms with E-state index in [9.17, 15) is 13.2 Å². The molecule has 1 aromatic rings. The largest absolute Gasteiger partial charge is 0.394 e. The Morgan fingerprint density at radius 2 is 2.16 bits per heavy atom. The number of guanidine groups is 1. The summed E-state index contributed by atoms with van der Waals surface area (Å²) < 4.78 is 33.9. The minimum Gasteiger partial charge on any atom is -0.394 e. The molecule has 0 spiro atoms. The van der Waals surface area contributed by atoms with E-state index in [1.54, 1.807) is 26.4 Å². The highest BCUT2D eigenvalue weighted by molar-refractivity contribution is 7.89. The van der Waals surface area contributed by atoms with Crippen molar-refractivity contribution in [1.29, 1.82) is 5.41 Å². The molecular formula is C21H28N6O4S. The van der Waals surface area contributed by atoms with E-state index in [1.165, 1.54) is 23.2 Å². The molecule has 172 valence electrons. The van der Waals surface area contributed by atoms with E-state index in [0.717, 1.165) is 12.8 Å². The Balaban J connectivity index is 1.77. The summed E-state index contributed by atoms with van der Waals surface area (Å²) in [4.78, 5) is 21.5. The molecule has 10 nitrogen and oxygen atoms in total. The van der Waals surface area contributed by atoms with Crippen LogP contribution in [0.5, 0.6) is 0 Å². The van der Waals surface area contributed by atoms with Crippen molar-refractivity contribution in [3.05, 3.63) is 35.5 Å². The number of hydrogen-bond donors (Lipinski definition) is 3. The van der Waals surface area contributed by atoms with Gasteiger partial charge in [-0.05, 0) is 38.0 Å². The summed E-state index contributed by atoms with van der Waals surface area (Å²) in [7, 11) is -0.441. The van der Waals surface area contributed by atoms with E-state index < -0.39 is 15.6 Å². The number of nitrogens with zero attached hydrogens (tertiary/aromatic N) is 3. The summed E-state index contributed by atoms with van der Waals surface area (Å²) >= 11 is 0. The number of anilines is 1. The first-order valence-electron chi connectivity index (χ1n) is 10.4. The number of carbonyl (C=O) groups excluding carboxylic acids is 1. The van der Waals surface area contributed by atoms with Gasteiger partial charge in [0.15, 0.2) is 0 Å². The van der Waals surface area contributed by atoms with Gasteiger partial charge in [-0.2, -0.15) is 0 Å². The number of amides is 1. The second-order valence-corrected chi connectivity index (χ2v) is 10.2. The van der Waals surface area contributed by atoms with Crippen molar-refractivity contribution < 1.29 is 17.9 Å². The van der Waals surface area contributed by atoms with Gasteiger partial charge < -0.3 is 20.4 Å². The summed E-state index contributed by atoms with van der Waals surface area (Å²) in [6, 6.07) is 4.51. The Hall–Kier alpha value is -2.76. The molecule has 0 radical (unpaired) electrons. The van der Waals surface area contributed by atoms with Crippen LogP contribution >= 0.6 is 0 Å². The van der Waals surface area contributed by atoms with Crippen molar-refractivity contribution in [3.8, 4) is 0 Å². The fourth-order valence-electron chi connectivity index (χ4n) is 3.96. The molecule has 2 aliphatic heterocycles. The maximum atomic E-state index is 13.5. The summed E-state index contributed by atoms with van der Waals surface area (Å²) in [5.41, 5.74) is 1.05. The monoisotopic (exact) mass is 460 g/mol. The highest BCUT2D eigenvalue weighted by atomic mass is 32.2. The lowest BCUT2D eigenvalue weighted by Crippen LogP contribution is -2.54. The predicted molar refractivity (Wildman–Crippen MR) is 122 cm³/mol. The van der Waals surface area contributed by atoms with Crippen molar-refractivity contribution in [2.24, 2.45) is 4.99 Å². The highest BCUT2D eigenvalue weighted by Crippen LogP contribution is 2.38. The number of rotatable bonds is 9. The first-order valence-corrected chi connectivity index (χ1v) is 11.9. The van der Waals surface area contributed by atoms with Gasteiger partial charge in [0.05, 0.1) is 41.9 Å². The van der Waals surface area contributed by atoms with Crippen molar-refractivity contribution in [1.82, 2.24) is 14.9 Å². The van der Waals surface area contributed by atoms with E-state index >= 15 is 0 Å². The minimum absolute atomic E-state index is 0.0543. The Morgan fingerprint density at radius 3 is 2.78 bits per heavy atom. The number of sulfonamides is 1. The van der Waals surface area contributed by atoms with Gasteiger partial charge in [0.1, 0.15) is 0 Å². The quantitative estimate of drug-likeness (QED) is 0.470. The van der Waals surface area contributed by atoms with Gasteiger partial charge in [0.2, 0.25) is 16.0 Å². The van der Waals surface area contributed by atoms with Gasteiger partial charge in [-0.3, -0.25) is 9.69 Å². The molecule has 0 unspecified atom stereocenters. The standard InChI is InChI=1S/C21H28N6O4S/c1-21(6-7-21)25-32(29,30)16-4-5-18-17(8-16)19(28)26(12-14(9-22)10-23-2)20-24-11-15(13-31-3)27(18)20/h4-5,8-10,15,22-23,25H,6-7,11-13H2,1-3H3/b14-10+,22-9?/t15-/m0/s1. The third-order valence-corrected chi connectivity index (χ3v) is 7.51. The van der Waals surface area contributed by atoms with Crippen LogP contribution in [0.1, 0.15) is 30.1 Å². The predicted octanol–water partition coefficient (Wildman–Crippen LogP) is 0.917. The van der Waals surface area contributed by atoms with Crippen LogP contribution in [0.4, 0.5) is 5.69 Å². The Labute approximate surface area is 187 Å². The second kappa shape index (κ2) is 8.30. The average Bonchev–Trinajstić information content (AvgIpc) is 3.32. The Kier molecular flexibility index (Phi) is 5.82. The summed E-state index contributed by atoms with van der Waals surface area (Å²) in [5.74, 6) is 0.124. The molecule has 1 saturated carbocycles. The van der Waals surface area contributed by atoms with Gasteiger partial charge >= 0.3 is 0 Å². The van der Waals surface area contributed by atoms with Gasteiger partial charge in [-0.25, -0.2) is 18.1 Å². The lowest BCUT2D eigenvalue weighted by Gasteiger charge is -2.38. The smallest absolute Gasteiger partial charge is 0.263 e. The molecule has 0 saturated heterocycles. The summed E-state index contributed by atoms with van der Waals surface area (Å²) in [5, 5.41) is 10.5. The molecule has 1 amide bonds. The maximum absolute atomic E-state index is 13.5. The second-order valence-electron chi connectivity index (χ2n) is 8.51. The zero-order valence-electron chi connectivity index (χ0n) is 18.4. The summed E-state index contributed by atoms with van der Waals surface area (Å²) in [6.45, 7) is 2.84. The van der Waals surface area contributed by atoms with Crippen LogP contribution in [0.3, 0.4) is 0 Å². The molecule has 3 N–H and O–H groups in total. The lowest BCUT2D eigenvalue weighted by molar-refractivity contribution is 0.0849. The van der Waals surface area contributed by atoms with Crippen LogP contribution in [-0.4, -0.2) is 76.8 Å². The van der Waals surface area contributed by atoms with E-state index in [4.69, 9.17) is 10.1 Å². The van der Waals surface area contributed by atoms with Crippen LogP contribution in [0.2, 0.25) is 0 Å². The topological polar surface area (TPSA) is 127 Å². The fraction of sp³-hybridized carbons (Fsp3) is 0.476. The minimum atomic E-state index is -3.76. The molecule has 1 fully saturated rings. The van der Waals surface area contributed by atoms with Gasteiger partial charge in [-0.1, -0.05) is 0 Å². The van der Waals surface area contributed by atoms with Crippen LogP contribution < -0.4 is 14.9 Å². The number of carbonyl (C=O) groups is 1. The molecule has 4 rings (SSSR count). The normalized spacial score (nSPS) is 21.7. The van der Waals surface area contributed by atoms with E-state index in [0.29, 0.717) is 30.4 Å². The summed E-state index contributed by atoms with van der Waals surface area (Å²) in [6.07, 6.45) is 4.40. The zero-order valence-corrected chi connectivity index (χ0v) is 19.2. The SMILES string of the molecule is CN/C=C(\C=N)CN1C(=O)c2cc(S(=O)(=O)NC3(C)CC3)ccc2N2C1=NC[C@H]2COC. The molecule has 1 atom stereocenters. The van der Waals surface area contributed by atoms with Crippen molar-refractivity contribution in [3.63, 3.8) is 0 Å². The van der Waals surface area contributed by atoms with Gasteiger partial charge in [0.25, 0.3) is 5.91 Å². The number of benzene rings is 1. The zero-order chi connectivity index (χ0) is 23.1. The number of methoxy groups -OCH3 is 1. The maximum Gasteiger partial charge on any atom is 0.263 e.